The third-order valence-corrected chi connectivity index (χ3v) is 3.07. The summed E-state index contributed by atoms with van der Waals surface area (Å²) in [5.41, 5.74) is 1.82. The van der Waals surface area contributed by atoms with E-state index in [1.807, 2.05) is 32.0 Å². The Balaban J connectivity index is 2.38. The fraction of sp³-hybridized carbons (Fsp3) is 0.562. The quantitative estimate of drug-likeness (QED) is 0.703. The Kier molecular flexibility index (Phi) is 7.55. The summed E-state index contributed by atoms with van der Waals surface area (Å²) in [6.07, 6.45) is 4.63. The largest absolute Gasteiger partial charge is 0.494 e. The summed E-state index contributed by atoms with van der Waals surface area (Å²) in [7, 11) is 0. The minimum Gasteiger partial charge on any atom is -0.494 e. The number of urea groups is 1. The predicted octanol–water partition coefficient (Wildman–Crippen LogP) is 4.10. The summed E-state index contributed by atoms with van der Waals surface area (Å²) in [6.45, 7) is 7.45. The van der Waals surface area contributed by atoms with Crippen molar-refractivity contribution in [2.24, 2.45) is 0 Å². The molecule has 1 aromatic carbocycles. The highest BCUT2D eigenvalue weighted by molar-refractivity contribution is 5.90. The zero-order valence-electron chi connectivity index (χ0n) is 12.8. The van der Waals surface area contributed by atoms with E-state index >= 15 is 0 Å². The lowest BCUT2D eigenvalue weighted by Crippen LogP contribution is -2.29. The van der Waals surface area contributed by atoms with Gasteiger partial charge in [-0.2, -0.15) is 0 Å². The molecule has 0 aliphatic heterocycles. The molecule has 2 N–H and O–H groups in total. The Morgan fingerprint density at radius 2 is 2.00 bits per heavy atom. The minimum absolute atomic E-state index is 0.145. The van der Waals surface area contributed by atoms with E-state index < -0.39 is 0 Å². The number of benzene rings is 1. The van der Waals surface area contributed by atoms with E-state index in [2.05, 4.69) is 17.6 Å². The molecule has 0 saturated heterocycles. The highest BCUT2D eigenvalue weighted by Gasteiger charge is 2.05. The molecule has 4 nitrogen and oxygen atoms in total. The molecule has 0 saturated carbocycles. The van der Waals surface area contributed by atoms with E-state index in [0.29, 0.717) is 6.61 Å². The van der Waals surface area contributed by atoms with Crippen LogP contribution in [0.15, 0.2) is 18.2 Å². The van der Waals surface area contributed by atoms with Crippen molar-refractivity contribution in [3.8, 4) is 5.75 Å². The van der Waals surface area contributed by atoms with Crippen molar-refractivity contribution in [1.82, 2.24) is 5.32 Å². The van der Waals surface area contributed by atoms with Crippen LogP contribution in [-0.2, 0) is 0 Å². The van der Waals surface area contributed by atoms with Gasteiger partial charge in [0, 0.05) is 12.2 Å². The molecular formula is C16H26N2O2. The molecule has 112 valence electrons. The number of nitrogens with one attached hydrogen (secondary N) is 2. The van der Waals surface area contributed by atoms with Crippen molar-refractivity contribution in [2.45, 2.75) is 46.5 Å². The molecule has 0 heterocycles. The number of hydrogen-bond donors (Lipinski definition) is 2. The molecule has 0 aliphatic carbocycles. The SMILES string of the molecule is CCCCCCNC(=O)Nc1ccc(OCC)cc1C. The second kappa shape index (κ2) is 9.23. The van der Waals surface area contributed by atoms with E-state index in [0.717, 1.165) is 30.0 Å². The molecule has 0 radical (unpaired) electrons. The number of anilines is 1. The molecule has 0 bridgehead atoms. The average molecular weight is 278 g/mol. The molecule has 1 aromatic rings. The van der Waals surface area contributed by atoms with Gasteiger partial charge in [0.2, 0.25) is 0 Å². The maximum Gasteiger partial charge on any atom is 0.319 e. The molecule has 0 spiro atoms. The van der Waals surface area contributed by atoms with E-state index in [1.165, 1.54) is 19.3 Å². The van der Waals surface area contributed by atoms with Crippen LogP contribution < -0.4 is 15.4 Å². The molecule has 0 aliphatic rings. The summed E-state index contributed by atoms with van der Waals surface area (Å²) in [5.74, 6) is 0.829. The predicted molar refractivity (Wildman–Crippen MR) is 83.5 cm³/mol. The van der Waals surface area contributed by atoms with Gasteiger partial charge in [-0.3, -0.25) is 0 Å². The molecule has 4 heteroatoms. The minimum atomic E-state index is -0.145. The van der Waals surface area contributed by atoms with Gasteiger partial charge < -0.3 is 15.4 Å². The van der Waals surface area contributed by atoms with Gasteiger partial charge in [0.05, 0.1) is 6.61 Å². The number of unbranched alkanes of at least 4 members (excludes halogenated alkanes) is 3. The molecule has 0 fully saturated rings. The van der Waals surface area contributed by atoms with Crippen LogP contribution in [0.1, 0.15) is 45.1 Å². The van der Waals surface area contributed by atoms with Crippen LogP contribution in [0.4, 0.5) is 10.5 Å². The van der Waals surface area contributed by atoms with Gasteiger partial charge in [0.1, 0.15) is 5.75 Å². The lowest BCUT2D eigenvalue weighted by atomic mass is 10.2. The normalized spacial score (nSPS) is 10.2. The number of hydrogen-bond acceptors (Lipinski definition) is 2. The highest BCUT2D eigenvalue weighted by Crippen LogP contribution is 2.21. The third-order valence-electron chi connectivity index (χ3n) is 3.07. The summed E-state index contributed by atoms with van der Waals surface area (Å²) < 4.78 is 5.42. The van der Waals surface area contributed by atoms with Crippen LogP contribution in [-0.4, -0.2) is 19.2 Å². The van der Waals surface area contributed by atoms with Crippen LogP contribution in [0.3, 0.4) is 0 Å². The first kappa shape index (κ1) is 16.3. The molecule has 2 amide bonds. The lowest BCUT2D eigenvalue weighted by molar-refractivity contribution is 0.252. The number of carbonyl (C=O) groups is 1. The van der Waals surface area contributed by atoms with Gasteiger partial charge in [-0.1, -0.05) is 26.2 Å². The fourth-order valence-corrected chi connectivity index (χ4v) is 1.95. The Hall–Kier alpha value is -1.71. The standard InChI is InChI=1S/C16H26N2O2/c1-4-6-7-8-11-17-16(19)18-15-10-9-14(20-5-2)12-13(15)3/h9-10,12H,4-8,11H2,1-3H3,(H2,17,18,19). The number of carbonyl (C=O) groups excluding carboxylic acids is 1. The van der Waals surface area contributed by atoms with Gasteiger partial charge in [-0.25, -0.2) is 4.79 Å². The molecule has 20 heavy (non-hydrogen) atoms. The highest BCUT2D eigenvalue weighted by atomic mass is 16.5. The number of ether oxygens (including phenoxy) is 1. The molecule has 0 atom stereocenters. The second-order valence-electron chi connectivity index (χ2n) is 4.85. The summed E-state index contributed by atoms with van der Waals surface area (Å²) in [4.78, 5) is 11.8. The van der Waals surface area contributed by atoms with Crippen molar-refractivity contribution < 1.29 is 9.53 Å². The first-order valence-electron chi connectivity index (χ1n) is 7.45. The third kappa shape index (κ3) is 5.95. The summed E-state index contributed by atoms with van der Waals surface area (Å²) >= 11 is 0. The number of aryl methyl sites for hydroxylation is 1. The van der Waals surface area contributed by atoms with Gasteiger partial charge in [0.15, 0.2) is 0 Å². The topological polar surface area (TPSA) is 50.4 Å². The Morgan fingerprint density at radius 1 is 1.20 bits per heavy atom. The van der Waals surface area contributed by atoms with E-state index in [4.69, 9.17) is 4.74 Å². The zero-order chi connectivity index (χ0) is 14.8. The molecule has 0 unspecified atom stereocenters. The monoisotopic (exact) mass is 278 g/mol. The van der Waals surface area contributed by atoms with Gasteiger partial charge in [-0.05, 0) is 44.0 Å². The average Bonchev–Trinajstić information content (AvgIpc) is 2.42. The van der Waals surface area contributed by atoms with Crippen LogP contribution in [0, 0.1) is 6.92 Å². The van der Waals surface area contributed by atoms with Gasteiger partial charge in [-0.15, -0.1) is 0 Å². The number of rotatable bonds is 8. The first-order chi connectivity index (χ1) is 9.67. The van der Waals surface area contributed by atoms with Crippen molar-refractivity contribution in [2.75, 3.05) is 18.5 Å². The van der Waals surface area contributed by atoms with Crippen LogP contribution in [0.2, 0.25) is 0 Å². The van der Waals surface area contributed by atoms with Gasteiger partial charge >= 0.3 is 6.03 Å². The summed E-state index contributed by atoms with van der Waals surface area (Å²) in [5, 5.41) is 5.74. The van der Waals surface area contributed by atoms with Crippen LogP contribution >= 0.6 is 0 Å². The van der Waals surface area contributed by atoms with Crippen LogP contribution in [0.5, 0.6) is 5.75 Å². The van der Waals surface area contributed by atoms with Crippen molar-refractivity contribution in [1.29, 1.82) is 0 Å². The van der Waals surface area contributed by atoms with E-state index in [9.17, 15) is 4.79 Å². The van der Waals surface area contributed by atoms with Crippen molar-refractivity contribution in [3.05, 3.63) is 23.8 Å². The van der Waals surface area contributed by atoms with Gasteiger partial charge in [0.25, 0.3) is 0 Å². The molecule has 0 aromatic heterocycles. The first-order valence-corrected chi connectivity index (χ1v) is 7.45. The lowest BCUT2D eigenvalue weighted by Gasteiger charge is -2.11. The zero-order valence-corrected chi connectivity index (χ0v) is 12.8. The maximum absolute atomic E-state index is 11.8. The van der Waals surface area contributed by atoms with Crippen LogP contribution in [0.25, 0.3) is 0 Å². The second-order valence-corrected chi connectivity index (χ2v) is 4.85. The number of amides is 2. The van der Waals surface area contributed by atoms with Crippen molar-refractivity contribution in [3.63, 3.8) is 0 Å². The Bertz CT molecular complexity index is 419. The summed E-state index contributed by atoms with van der Waals surface area (Å²) in [6, 6.07) is 5.53. The fourth-order valence-electron chi connectivity index (χ4n) is 1.95. The Morgan fingerprint density at radius 3 is 2.65 bits per heavy atom. The van der Waals surface area contributed by atoms with E-state index in [1.54, 1.807) is 0 Å². The smallest absolute Gasteiger partial charge is 0.319 e. The molecular weight excluding hydrogens is 252 g/mol. The van der Waals surface area contributed by atoms with Crippen molar-refractivity contribution >= 4 is 11.7 Å². The molecule has 1 rings (SSSR count). The van der Waals surface area contributed by atoms with E-state index in [-0.39, 0.29) is 6.03 Å². The maximum atomic E-state index is 11.8. The Labute approximate surface area is 121 Å².